The summed E-state index contributed by atoms with van der Waals surface area (Å²) in [5.74, 6) is -0.652. The van der Waals surface area contributed by atoms with E-state index in [1.807, 2.05) is 27.7 Å². The third kappa shape index (κ3) is 2.70. The maximum absolute atomic E-state index is 11.1. The second-order valence-corrected chi connectivity index (χ2v) is 8.79. The Hall–Kier alpha value is -2.44. The van der Waals surface area contributed by atoms with Gasteiger partial charge in [-0.3, -0.25) is 0 Å². The molecule has 0 aliphatic carbocycles. The van der Waals surface area contributed by atoms with E-state index in [1.165, 1.54) is 0 Å². The predicted molar refractivity (Wildman–Crippen MR) is 113 cm³/mol. The van der Waals surface area contributed by atoms with Crippen LogP contribution >= 0.6 is 0 Å². The van der Waals surface area contributed by atoms with Crippen LogP contribution in [-0.4, -0.2) is 32.6 Å². The van der Waals surface area contributed by atoms with Gasteiger partial charge < -0.3 is 29.9 Å². The maximum atomic E-state index is 11.1. The molecule has 30 heavy (non-hydrogen) atoms. The lowest BCUT2D eigenvalue weighted by Gasteiger charge is -2.34. The SMILES string of the molecule is Cc1c(O)c(-c2c(O)c(C)c3c(c2O)CO[C@H](C)[C@H]3C)c(O)c2c1[C@@H](C)[C@H](C)OC2. The Labute approximate surface area is 176 Å². The van der Waals surface area contributed by atoms with Crippen molar-refractivity contribution in [3.05, 3.63) is 33.4 Å². The lowest BCUT2D eigenvalue weighted by atomic mass is 9.80. The van der Waals surface area contributed by atoms with Crippen molar-refractivity contribution >= 4 is 0 Å². The molecule has 0 aromatic heterocycles. The van der Waals surface area contributed by atoms with E-state index in [9.17, 15) is 20.4 Å². The van der Waals surface area contributed by atoms with Crippen molar-refractivity contribution < 1.29 is 29.9 Å². The fourth-order valence-corrected chi connectivity index (χ4v) is 5.05. The molecule has 0 bridgehead atoms. The molecule has 0 radical (unpaired) electrons. The van der Waals surface area contributed by atoms with Gasteiger partial charge >= 0.3 is 0 Å². The van der Waals surface area contributed by atoms with Gasteiger partial charge in [-0.05, 0) is 49.9 Å². The van der Waals surface area contributed by atoms with Crippen molar-refractivity contribution in [1.82, 2.24) is 0 Å². The van der Waals surface area contributed by atoms with Crippen molar-refractivity contribution in [3.63, 3.8) is 0 Å². The molecule has 0 saturated carbocycles. The zero-order valence-electron chi connectivity index (χ0n) is 18.3. The van der Waals surface area contributed by atoms with Gasteiger partial charge in [0.05, 0.1) is 36.5 Å². The lowest BCUT2D eigenvalue weighted by molar-refractivity contribution is 0.0222. The van der Waals surface area contributed by atoms with Crippen LogP contribution in [0.5, 0.6) is 23.0 Å². The maximum Gasteiger partial charge on any atom is 0.133 e. The standard InChI is InChI=1S/C24H30O6/c1-9-13(5)29-7-15-17(9)11(3)21(25)19(23(15)27)20-22(26)12(4)18-10(2)14(6)30-8-16(18)24(20)28/h9-10,13-14,25-28H,7-8H2,1-6H3/t9-,10+,13-,14+. The first-order chi connectivity index (χ1) is 14.1. The minimum absolute atomic E-state index is 0.0113. The third-order valence-corrected chi connectivity index (χ3v) is 7.24. The first-order valence-corrected chi connectivity index (χ1v) is 10.5. The van der Waals surface area contributed by atoms with Crippen molar-refractivity contribution in [1.29, 1.82) is 0 Å². The van der Waals surface area contributed by atoms with Gasteiger partial charge in [0.25, 0.3) is 0 Å². The first kappa shape index (κ1) is 20.8. The van der Waals surface area contributed by atoms with Crippen LogP contribution in [0.2, 0.25) is 0 Å². The number of rotatable bonds is 1. The average molecular weight is 414 g/mol. The molecular formula is C24H30O6. The van der Waals surface area contributed by atoms with E-state index in [2.05, 4.69) is 0 Å². The number of ether oxygens (including phenoxy) is 2. The molecule has 2 aromatic carbocycles. The molecule has 162 valence electrons. The summed E-state index contributed by atoms with van der Waals surface area (Å²) in [5, 5.41) is 44.4. The molecular weight excluding hydrogens is 384 g/mol. The molecule has 0 amide bonds. The van der Waals surface area contributed by atoms with Crippen LogP contribution < -0.4 is 0 Å². The first-order valence-electron chi connectivity index (χ1n) is 10.5. The van der Waals surface area contributed by atoms with E-state index in [1.54, 1.807) is 13.8 Å². The molecule has 4 N–H and O–H groups in total. The zero-order valence-corrected chi connectivity index (χ0v) is 18.3. The Kier molecular flexibility index (Phi) is 4.90. The number of phenols is 4. The summed E-state index contributed by atoms with van der Waals surface area (Å²) < 4.78 is 11.6. The monoisotopic (exact) mass is 414 g/mol. The molecule has 0 saturated heterocycles. The summed E-state index contributed by atoms with van der Waals surface area (Å²) in [6, 6.07) is 0. The summed E-state index contributed by atoms with van der Waals surface area (Å²) in [6.45, 7) is 11.9. The minimum Gasteiger partial charge on any atom is -0.507 e. The Morgan fingerprint density at radius 2 is 0.933 bits per heavy atom. The number of aromatic hydroxyl groups is 4. The molecule has 0 unspecified atom stereocenters. The van der Waals surface area contributed by atoms with Gasteiger partial charge in [0.1, 0.15) is 23.0 Å². The number of hydrogen-bond acceptors (Lipinski definition) is 6. The van der Waals surface area contributed by atoms with E-state index in [4.69, 9.17) is 9.47 Å². The van der Waals surface area contributed by atoms with E-state index in [-0.39, 0.29) is 71.4 Å². The zero-order chi connectivity index (χ0) is 22.1. The van der Waals surface area contributed by atoms with E-state index in [0.717, 1.165) is 11.1 Å². The molecule has 6 nitrogen and oxygen atoms in total. The van der Waals surface area contributed by atoms with Gasteiger partial charge in [-0.1, -0.05) is 13.8 Å². The largest absolute Gasteiger partial charge is 0.507 e. The molecule has 2 aliphatic heterocycles. The van der Waals surface area contributed by atoms with Crippen LogP contribution in [0.25, 0.3) is 11.1 Å². The van der Waals surface area contributed by atoms with Crippen molar-refractivity contribution in [2.24, 2.45) is 0 Å². The third-order valence-electron chi connectivity index (χ3n) is 7.24. The van der Waals surface area contributed by atoms with E-state index < -0.39 is 0 Å². The van der Waals surface area contributed by atoms with E-state index >= 15 is 0 Å². The number of phenolic OH excluding ortho intramolecular Hbond substituents is 4. The quantitative estimate of drug-likeness (QED) is 0.533. The van der Waals surface area contributed by atoms with Gasteiger partial charge in [-0.25, -0.2) is 0 Å². The fourth-order valence-electron chi connectivity index (χ4n) is 5.05. The molecule has 4 atom stereocenters. The highest BCUT2D eigenvalue weighted by molar-refractivity contribution is 5.90. The van der Waals surface area contributed by atoms with Gasteiger partial charge in [-0.2, -0.15) is 0 Å². The summed E-state index contributed by atoms with van der Waals surface area (Å²) in [5.41, 5.74) is 4.17. The summed E-state index contributed by atoms with van der Waals surface area (Å²) in [7, 11) is 0. The number of benzene rings is 2. The highest BCUT2D eigenvalue weighted by atomic mass is 16.5. The molecule has 0 fully saturated rings. The van der Waals surface area contributed by atoms with Crippen molar-refractivity contribution in [2.75, 3.05) is 0 Å². The Bertz CT molecular complexity index is 958. The van der Waals surface area contributed by atoms with Gasteiger partial charge in [0.15, 0.2) is 0 Å². The molecule has 4 rings (SSSR count). The van der Waals surface area contributed by atoms with Crippen molar-refractivity contribution in [2.45, 2.75) is 78.8 Å². The second kappa shape index (κ2) is 7.06. The smallest absolute Gasteiger partial charge is 0.133 e. The van der Waals surface area contributed by atoms with E-state index in [0.29, 0.717) is 22.3 Å². The molecule has 2 aliphatic rings. The fraction of sp³-hybridized carbons (Fsp3) is 0.500. The molecule has 2 aromatic rings. The van der Waals surface area contributed by atoms with Gasteiger partial charge in [-0.15, -0.1) is 0 Å². The van der Waals surface area contributed by atoms with Gasteiger partial charge in [0, 0.05) is 23.0 Å². The summed E-state index contributed by atoms with van der Waals surface area (Å²) in [6.07, 6.45) is -0.0939. The topological polar surface area (TPSA) is 99.4 Å². The molecule has 2 heterocycles. The van der Waals surface area contributed by atoms with Gasteiger partial charge in [0.2, 0.25) is 0 Å². The van der Waals surface area contributed by atoms with Crippen LogP contribution in [0, 0.1) is 13.8 Å². The van der Waals surface area contributed by atoms with Crippen LogP contribution in [0.3, 0.4) is 0 Å². The minimum atomic E-state index is -0.171. The highest BCUT2D eigenvalue weighted by Gasteiger charge is 2.36. The Morgan fingerprint density at radius 3 is 1.27 bits per heavy atom. The molecule has 6 heteroatoms. The second-order valence-electron chi connectivity index (χ2n) is 8.79. The highest BCUT2D eigenvalue weighted by Crippen LogP contribution is 2.56. The Balaban J connectivity index is 2.04. The number of fused-ring (bicyclic) bond motifs is 2. The van der Waals surface area contributed by atoms with Crippen molar-refractivity contribution in [3.8, 4) is 34.1 Å². The summed E-state index contributed by atoms with van der Waals surface area (Å²) in [4.78, 5) is 0. The van der Waals surface area contributed by atoms with Crippen LogP contribution in [0.4, 0.5) is 0 Å². The van der Waals surface area contributed by atoms with Crippen LogP contribution in [-0.2, 0) is 22.7 Å². The molecule has 0 spiro atoms. The predicted octanol–water partition coefficient (Wildman–Crippen LogP) is 4.84. The lowest BCUT2D eigenvalue weighted by Crippen LogP contribution is -2.25. The van der Waals surface area contributed by atoms with Crippen LogP contribution in [0.15, 0.2) is 0 Å². The van der Waals surface area contributed by atoms with Crippen LogP contribution in [0.1, 0.15) is 72.9 Å². The average Bonchev–Trinajstić information content (AvgIpc) is 2.71. The Morgan fingerprint density at radius 1 is 0.600 bits per heavy atom. The normalized spacial score (nSPS) is 25.7. The number of hydrogen-bond donors (Lipinski definition) is 4. The summed E-state index contributed by atoms with van der Waals surface area (Å²) >= 11 is 0.